The molecule has 3 aromatic rings. The van der Waals surface area contributed by atoms with Gasteiger partial charge < -0.3 is 5.32 Å². The van der Waals surface area contributed by atoms with Crippen molar-refractivity contribution in [1.82, 2.24) is 19.6 Å². The van der Waals surface area contributed by atoms with Crippen LogP contribution >= 0.6 is 11.6 Å². The van der Waals surface area contributed by atoms with E-state index < -0.39 is 10.8 Å². The molecular formula is C16H15ClN6O3. The minimum atomic E-state index is -0.683. The van der Waals surface area contributed by atoms with Gasteiger partial charge in [0, 0.05) is 23.8 Å². The predicted octanol–water partition coefficient (Wildman–Crippen LogP) is 2.96. The van der Waals surface area contributed by atoms with Gasteiger partial charge >= 0.3 is 5.69 Å². The van der Waals surface area contributed by atoms with E-state index in [0.717, 1.165) is 5.56 Å². The van der Waals surface area contributed by atoms with E-state index in [2.05, 4.69) is 15.5 Å². The van der Waals surface area contributed by atoms with Gasteiger partial charge in [-0.25, -0.2) is 0 Å². The lowest BCUT2D eigenvalue weighted by molar-refractivity contribution is -0.385. The van der Waals surface area contributed by atoms with Crippen LogP contribution in [0.4, 0.5) is 11.5 Å². The summed E-state index contributed by atoms with van der Waals surface area (Å²) in [5.74, 6) is -0.408. The highest BCUT2D eigenvalue weighted by Crippen LogP contribution is 2.18. The topological polar surface area (TPSA) is 108 Å². The van der Waals surface area contributed by atoms with Gasteiger partial charge in [-0.15, -0.1) is 0 Å². The van der Waals surface area contributed by atoms with Crippen LogP contribution in [0, 0.1) is 10.1 Å². The largest absolute Gasteiger partial charge is 0.320 e. The van der Waals surface area contributed by atoms with E-state index in [-0.39, 0.29) is 17.2 Å². The summed E-state index contributed by atoms with van der Waals surface area (Å²) in [7, 11) is 0. The van der Waals surface area contributed by atoms with Crippen LogP contribution in [0.1, 0.15) is 23.0 Å². The molecule has 10 heteroatoms. The lowest BCUT2D eigenvalue weighted by atomic mass is 10.2. The highest BCUT2D eigenvalue weighted by atomic mass is 35.5. The summed E-state index contributed by atoms with van der Waals surface area (Å²) in [5, 5.41) is 22.4. The summed E-state index contributed by atoms with van der Waals surface area (Å²) in [5.41, 5.74) is 0.361. The van der Waals surface area contributed by atoms with Gasteiger partial charge in [-0.2, -0.15) is 10.2 Å². The molecule has 1 N–H and O–H groups in total. The molecule has 1 amide bonds. The first-order valence-electron chi connectivity index (χ1n) is 7.77. The first kappa shape index (κ1) is 17.6. The summed E-state index contributed by atoms with van der Waals surface area (Å²) in [6.07, 6.45) is 2.92. The lowest BCUT2D eigenvalue weighted by Crippen LogP contribution is -2.15. The van der Waals surface area contributed by atoms with E-state index in [9.17, 15) is 14.9 Å². The van der Waals surface area contributed by atoms with Crippen molar-refractivity contribution in [3.8, 4) is 0 Å². The Balaban J connectivity index is 1.74. The predicted molar refractivity (Wildman–Crippen MR) is 95.3 cm³/mol. The zero-order valence-corrected chi connectivity index (χ0v) is 14.6. The Morgan fingerprint density at radius 3 is 2.81 bits per heavy atom. The second kappa shape index (κ2) is 7.36. The molecule has 0 radical (unpaired) electrons. The smallest absolute Gasteiger partial charge is 0.303 e. The Bertz CT molecular complexity index is 965. The molecule has 0 aliphatic heterocycles. The van der Waals surface area contributed by atoms with Gasteiger partial charge in [0.15, 0.2) is 5.82 Å². The van der Waals surface area contributed by atoms with E-state index in [0.29, 0.717) is 18.1 Å². The van der Waals surface area contributed by atoms with Crippen molar-refractivity contribution in [1.29, 1.82) is 0 Å². The molecule has 26 heavy (non-hydrogen) atoms. The highest BCUT2D eigenvalue weighted by molar-refractivity contribution is 6.30. The Labute approximate surface area is 153 Å². The first-order chi connectivity index (χ1) is 12.5. The van der Waals surface area contributed by atoms with E-state index in [1.165, 1.54) is 10.9 Å². The number of aromatic nitrogens is 4. The molecule has 2 aromatic heterocycles. The number of carbonyl (C=O) groups excluding carboxylic acids is 1. The van der Waals surface area contributed by atoms with Gasteiger partial charge in [0.1, 0.15) is 6.20 Å². The number of hydrogen-bond donors (Lipinski definition) is 1. The summed E-state index contributed by atoms with van der Waals surface area (Å²) < 4.78 is 2.96. The number of carbonyl (C=O) groups is 1. The third kappa shape index (κ3) is 3.89. The number of aryl methyl sites for hydroxylation is 1. The summed E-state index contributed by atoms with van der Waals surface area (Å²) in [6, 6.07) is 8.95. The molecule has 0 aliphatic rings. The zero-order chi connectivity index (χ0) is 18.7. The van der Waals surface area contributed by atoms with Crippen molar-refractivity contribution in [2.24, 2.45) is 0 Å². The van der Waals surface area contributed by atoms with Crippen molar-refractivity contribution in [2.75, 3.05) is 5.32 Å². The van der Waals surface area contributed by atoms with Crippen molar-refractivity contribution >= 4 is 29.0 Å². The van der Waals surface area contributed by atoms with Gasteiger partial charge in [0.2, 0.25) is 5.69 Å². The number of halogens is 1. The third-order valence-corrected chi connectivity index (χ3v) is 3.83. The molecule has 9 nitrogen and oxygen atoms in total. The van der Waals surface area contributed by atoms with Crippen LogP contribution in [0.3, 0.4) is 0 Å². The standard InChI is InChI=1S/C16H15ClN6O3/c1-2-21-10-13(23(25)26)15(20-21)16(24)18-14-6-7-22(19-14)9-11-4-3-5-12(17)8-11/h3-8,10H,2,9H2,1H3,(H,18,19,24). The number of hydrogen-bond acceptors (Lipinski definition) is 5. The number of benzene rings is 1. The average Bonchev–Trinajstić information content (AvgIpc) is 3.21. The zero-order valence-electron chi connectivity index (χ0n) is 13.8. The van der Waals surface area contributed by atoms with E-state index >= 15 is 0 Å². The van der Waals surface area contributed by atoms with E-state index in [1.54, 1.807) is 29.9 Å². The maximum Gasteiger partial charge on any atom is 0.320 e. The number of nitro groups is 1. The number of anilines is 1. The fourth-order valence-corrected chi connectivity index (χ4v) is 2.60. The Hall–Kier alpha value is -3.20. The fraction of sp³-hybridized carbons (Fsp3) is 0.188. The molecule has 0 spiro atoms. The van der Waals surface area contributed by atoms with Crippen LogP contribution in [0.5, 0.6) is 0 Å². The van der Waals surface area contributed by atoms with E-state index in [4.69, 9.17) is 11.6 Å². The SMILES string of the molecule is CCn1cc([N+](=O)[O-])c(C(=O)Nc2ccn(Cc3cccc(Cl)c3)n2)n1. The molecule has 3 rings (SSSR count). The highest BCUT2D eigenvalue weighted by Gasteiger charge is 2.25. The Morgan fingerprint density at radius 2 is 2.12 bits per heavy atom. The average molecular weight is 375 g/mol. The maximum atomic E-state index is 12.3. The second-order valence-corrected chi connectivity index (χ2v) is 5.89. The number of nitrogens with one attached hydrogen (secondary N) is 1. The molecule has 0 saturated carbocycles. The Kier molecular flexibility index (Phi) is 4.99. The molecule has 0 saturated heterocycles. The Morgan fingerprint density at radius 1 is 1.31 bits per heavy atom. The first-order valence-corrected chi connectivity index (χ1v) is 8.15. The normalized spacial score (nSPS) is 10.7. The van der Waals surface area contributed by atoms with Gasteiger partial charge in [0.05, 0.1) is 11.5 Å². The third-order valence-electron chi connectivity index (χ3n) is 3.59. The van der Waals surface area contributed by atoms with Gasteiger partial charge in [-0.3, -0.25) is 24.3 Å². The molecule has 0 atom stereocenters. The van der Waals surface area contributed by atoms with Crippen LogP contribution in [-0.2, 0) is 13.1 Å². The van der Waals surface area contributed by atoms with Crippen LogP contribution < -0.4 is 5.32 Å². The van der Waals surface area contributed by atoms with Crippen LogP contribution in [-0.4, -0.2) is 30.4 Å². The van der Waals surface area contributed by atoms with Crippen molar-refractivity contribution in [2.45, 2.75) is 20.0 Å². The fourth-order valence-electron chi connectivity index (χ4n) is 2.38. The van der Waals surface area contributed by atoms with Gasteiger partial charge in [-0.1, -0.05) is 23.7 Å². The molecule has 0 unspecified atom stereocenters. The van der Waals surface area contributed by atoms with Crippen LogP contribution in [0.2, 0.25) is 5.02 Å². The van der Waals surface area contributed by atoms with E-state index in [1.807, 2.05) is 18.2 Å². The molecule has 1 aromatic carbocycles. The number of nitrogens with zero attached hydrogens (tertiary/aromatic N) is 5. The minimum Gasteiger partial charge on any atom is -0.303 e. The maximum absolute atomic E-state index is 12.3. The van der Waals surface area contributed by atoms with Gasteiger partial charge in [0.25, 0.3) is 5.91 Å². The van der Waals surface area contributed by atoms with Gasteiger partial charge in [-0.05, 0) is 24.6 Å². The molecule has 2 heterocycles. The second-order valence-electron chi connectivity index (χ2n) is 5.46. The summed E-state index contributed by atoms with van der Waals surface area (Å²) >= 11 is 5.96. The molecule has 0 fully saturated rings. The molecular weight excluding hydrogens is 360 g/mol. The minimum absolute atomic E-state index is 0.249. The summed E-state index contributed by atoms with van der Waals surface area (Å²) in [6.45, 7) is 2.67. The molecule has 134 valence electrons. The molecule has 0 aliphatic carbocycles. The van der Waals surface area contributed by atoms with Crippen LogP contribution in [0.15, 0.2) is 42.7 Å². The lowest BCUT2D eigenvalue weighted by Gasteiger charge is -2.03. The molecule has 0 bridgehead atoms. The quantitative estimate of drug-likeness (QED) is 0.527. The number of amides is 1. The van der Waals surface area contributed by atoms with Crippen LogP contribution in [0.25, 0.3) is 0 Å². The van der Waals surface area contributed by atoms with Crippen molar-refractivity contribution in [3.63, 3.8) is 0 Å². The number of rotatable bonds is 6. The monoisotopic (exact) mass is 374 g/mol. The summed E-state index contributed by atoms with van der Waals surface area (Å²) in [4.78, 5) is 22.8. The van der Waals surface area contributed by atoms with Crippen molar-refractivity contribution < 1.29 is 9.72 Å². The van der Waals surface area contributed by atoms with Crippen molar-refractivity contribution in [3.05, 3.63) is 69.1 Å².